The van der Waals surface area contributed by atoms with Gasteiger partial charge in [0.05, 0.1) is 19.8 Å². The summed E-state index contributed by atoms with van der Waals surface area (Å²) in [6.45, 7) is 8.58. The summed E-state index contributed by atoms with van der Waals surface area (Å²) in [6, 6.07) is 11.3. The van der Waals surface area contributed by atoms with Crippen molar-refractivity contribution in [2.24, 2.45) is 0 Å². The van der Waals surface area contributed by atoms with Gasteiger partial charge in [-0.2, -0.15) is 0 Å². The number of nitrogens with two attached hydrogens (primary N) is 1. The molecule has 0 atom stereocenters. The summed E-state index contributed by atoms with van der Waals surface area (Å²) in [6.07, 6.45) is 0.881. The van der Waals surface area contributed by atoms with Gasteiger partial charge in [-0.15, -0.1) is 0 Å². The van der Waals surface area contributed by atoms with Crippen LogP contribution in [0.3, 0.4) is 0 Å². The highest BCUT2D eigenvalue weighted by atomic mass is 35.5. The monoisotopic (exact) mass is 416 g/mol. The van der Waals surface area contributed by atoms with Crippen molar-refractivity contribution in [3.8, 4) is 11.5 Å². The van der Waals surface area contributed by atoms with Crippen LogP contribution in [-0.4, -0.2) is 19.8 Å². The standard InChI is InChI=1S/C23H26ClNO4/c1-4-27-20-7-6-16(11-22(20)28-5-2)8-9-25-14-17-12-23(26)29-21-10-15(3)19(24)13-18(17)21/h6-7,10-13,25H,4-5,8-9,14H2,1-3H3/p+1. The topological polar surface area (TPSA) is 65.3 Å². The molecule has 29 heavy (non-hydrogen) atoms. The summed E-state index contributed by atoms with van der Waals surface area (Å²) in [5.74, 6) is 1.56. The molecule has 6 heteroatoms. The molecule has 0 spiro atoms. The van der Waals surface area contributed by atoms with E-state index < -0.39 is 0 Å². The number of benzene rings is 2. The summed E-state index contributed by atoms with van der Waals surface area (Å²) in [5.41, 5.74) is 3.25. The Bertz CT molecular complexity index is 1040. The van der Waals surface area contributed by atoms with Crippen molar-refractivity contribution in [1.29, 1.82) is 0 Å². The molecule has 0 unspecified atom stereocenters. The van der Waals surface area contributed by atoms with Crippen molar-refractivity contribution < 1.29 is 19.2 Å². The van der Waals surface area contributed by atoms with Gasteiger partial charge in [-0.3, -0.25) is 0 Å². The minimum absolute atomic E-state index is 0.338. The molecule has 0 radical (unpaired) electrons. The minimum atomic E-state index is -0.338. The quantitative estimate of drug-likeness (QED) is 0.425. The van der Waals surface area contributed by atoms with E-state index in [0.29, 0.717) is 30.4 Å². The van der Waals surface area contributed by atoms with Crippen LogP contribution in [-0.2, 0) is 13.0 Å². The van der Waals surface area contributed by atoms with Crippen molar-refractivity contribution in [3.05, 3.63) is 68.5 Å². The molecule has 2 N–H and O–H groups in total. The van der Waals surface area contributed by atoms with Crippen molar-refractivity contribution in [2.45, 2.75) is 33.7 Å². The number of quaternary nitrogens is 1. The number of hydrogen-bond acceptors (Lipinski definition) is 4. The molecule has 0 fully saturated rings. The van der Waals surface area contributed by atoms with E-state index in [1.54, 1.807) is 6.07 Å². The fourth-order valence-electron chi connectivity index (χ4n) is 3.29. The zero-order valence-corrected chi connectivity index (χ0v) is 17.8. The van der Waals surface area contributed by atoms with Gasteiger partial charge < -0.3 is 19.2 Å². The number of fused-ring (bicyclic) bond motifs is 1. The summed E-state index contributed by atoms with van der Waals surface area (Å²) in [4.78, 5) is 11.9. The molecule has 0 aliphatic rings. The Morgan fingerprint density at radius 1 is 1.03 bits per heavy atom. The largest absolute Gasteiger partial charge is 0.490 e. The summed E-state index contributed by atoms with van der Waals surface area (Å²) >= 11 is 6.26. The first-order valence-corrected chi connectivity index (χ1v) is 10.3. The molecule has 0 aliphatic heterocycles. The summed E-state index contributed by atoms with van der Waals surface area (Å²) in [5, 5.41) is 3.74. The first-order valence-electron chi connectivity index (χ1n) is 9.94. The number of ether oxygens (including phenoxy) is 2. The van der Waals surface area contributed by atoms with Gasteiger partial charge >= 0.3 is 5.63 Å². The lowest BCUT2D eigenvalue weighted by molar-refractivity contribution is -0.670. The molecule has 3 aromatic rings. The zero-order chi connectivity index (χ0) is 20.8. The van der Waals surface area contributed by atoms with Crippen molar-refractivity contribution in [3.63, 3.8) is 0 Å². The van der Waals surface area contributed by atoms with Gasteiger partial charge in [0.2, 0.25) is 0 Å². The van der Waals surface area contributed by atoms with Crippen LogP contribution in [0.25, 0.3) is 11.0 Å². The van der Waals surface area contributed by atoms with Crippen LogP contribution in [0.15, 0.2) is 45.6 Å². The number of halogens is 1. The Labute approximate surface area is 175 Å². The highest BCUT2D eigenvalue weighted by molar-refractivity contribution is 6.32. The lowest BCUT2D eigenvalue weighted by atomic mass is 10.1. The highest BCUT2D eigenvalue weighted by Crippen LogP contribution is 2.28. The van der Waals surface area contributed by atoms with E-state index in [4.69, 9.17) is 25.5 Å². The first kappa shape index (κ1) is 21.2. The second-order valence-corrected chi connectivity index (χ2v) is 7.27. The summed E-state index contributed by atoms with van der Waals surface area (Å²) < 4.78 is 16.6. The van der Waals surface area contributed by atoms with Crippen molar-refractivity contribution in [1.82, 2.24) is 0 Å². The molecule has 0 bridgehead atoms. The fourth-order valence-corrected chi connectivity index (χ4v) is 3.46. The zero-order valence-electron chi connectivity index (χ0n) is 17.1. The average molecular weight is 417 g/mol. The van der Waals surface area contributed by atoms with Gasteiger partial charge in [0.25, 0.3) is 0 Å². The van der Waals surface area contributed by atoms with E-state index in [1.807, 2.05) is 45.0 Å². The smallest absolute Gasteiger partial charge is 0.336 e. The number of rotatable bonds is 9. The first-order chi connectivity index (χ1) is 14.0. The Kier molecular flexibility index (Phi) is 7.18. The maximum Gasteiger partial charge on any atom is 0.336 e. The normalized spacial score (nSPS) is 11.0. The van der Waals surface area contributed by atoms with Crippen LogP contribution in [0.2, 0.25) is 5.02 Å². The van der Waals surface area contributed by atoms with E-state index in [1.165, 1.54) is 5.56 Å². The SMILES string of the molecule is CCOc1ccc(CC[NH2+]Cc2cc(=O)oc3cc(C)c(Cl)cc23)cc1OCC. The van der Waals surface area contributed by atoms with Crippen molar-refractivity contribution >= 4 is 22.6 Å². The van der Waals surface area contributed by atoms with Crippen LogP contribution in [0.5, 0.6) is 11.5 Å². The van der Waals surface area contributed by atoms with Gasteiger partial charge in [0.15, 0.2) is 11.5 Å². The lowest BCUT2D eigenvalue weighted by Crippen LogP contribution is -2.83. The Morgan fingerprint density at radius 3 is 2.55 bits per heavy atom. The third-order valence-corrected chi connectivity index (χ3v) is 5.13. The van der Waals surface area contributed by atoms with Crippen LogP contribution in [0.4, 0.5) is 0 Å². The van der Waals surface area contributed by atoms with Gasteiger partial charge in [-0.25, -0.2) is 4.79 Å². The van der Waals surface area contributed by atoms with Gasteiger partial charge in [0, 0.05) is 28.5 Å². The highest BCUT2D eigenvalue weighted by Gasteiger charge is 2.11. The third kappa shape index (κ3) is 5.31. The van der Waals surface area contributed by atoms with Gasteiger partial charge in [-0.1, -0.05) is 17.7 Å². The van der Waals surface area contributed by atoms with Gasteiger partial charge in [-0.05, 0) is 56.2 Å². The molecule has 0 amide bonds. The van der Waals surface area contributed by atoms with E-state index >= 15 is 0 Å². The predicted octanol–water partition coefficient (Wildman–Crippen LogP) is 3.86. The Hall–Kier alpha value is -2.50. The molecule has 0 saturated heterocycles. The lowest BCUT2D eigenvalue weighted by Gasteiger charge is -2.12. The molecular formula is C23H27ClNO4+. The molecule has 0 aliphatic carbocycles. The van der Waals surface area contributed by atoms with E-state index in [0.717, 1.165) is 41.0 Å². The molecule has 154 valence electrons. The maximum absolute atomic E-state index is 11.9. The molecule has 1 aromatic heterocycles. The van der Waals surface area contributed by atoms with E-state index in [2.05, 4.69) is 11.4 Å². The Balaban J connectivity index is 1.67. The average Bonchev–Trinajstić information content (AvgIpc) is 2.68. The number of hydrogen-bond donors (Lipinski definition) is 1. The molecule has 0 saturated carbocycles. The molecule has 5 nitrogen and oxygen atoms in total. The number of aryl methyl sites for hydroxylation is 1. The second kappa shape index (κ2) is 9.81. The van der Waals surface area contributed by atoms with Crippen LogP contribution < -0.4 is 20.4 Å². The van der Waals surface area contributed by atoms with Crippen LogP contribution in [0, 0.1) is 6.92 Å². The molecular weight excluding hydrogens is 390 g/mol. The minimum Gasteiger partial charge on any atom is -0.490 e. The summed E-state index contributed by atoms with van der Waals surface area (Å²) in [7, 11) is 0. The maximum atomic E-state index is 11.9. The molecule has 3 rings (SSSR count). The van der Waals surface area contributed by atoms with Gasteiger partial charge in [0.1, 0.15) is 12.1 Å². The van der Waals surface area contributed by atoms with Crippen LogP contribution in [0.1, 0.15) is 30.5 Å². The second-order valence-electron chi connectivity index (χ2n) is 6.87. The third-order valence-electron chi connectivity index (χ3n) is 4.72. The van der Waals surface area contributed by atoms with Crippen LogP contribution >= 0.6 is 11.6 Å². The fraction of sp³-hybridized carbons (Fsp3) is 0.348. The van der Waals surface area contributed by atoms with E-state index in [9.17, 15) is 4.79 Å². The van der Waals surface area contributed by atoms with Crippen molar-refractivity contribution in [2.75, 3.05) is 19.8 Å². The molecule has 2 aromatic carbocycles. The molecule has 1 heterocycles. The van der Waals surface area contributed by atoms with E-state index in [-0.39, 0.29) is 5.63 Å². The Morgan fingerprint density at radius 2 is 1.79 bits per heavy atom. The predicted molar refractivity (Wildman–Crippen MR) is 115 cm³/mol.